The predicted octanol–water partition coefficient (Wildman–Crippen LogP) is 5.00. The van der Waals surface area contributed by atoms with E-state index >= 15 is 0 Å². The van der Waals surface area contributed by atoms with Crippen LogP contribution < -0.4 is 15.9 Å². The van der Waals surface area contributed by atoms with Crippen LogP contribution in [0.25, 0.3) is 0 Å². The highest BCUT2D eigenvalue weighted by atomic mass is 16.5. The molecule has 0 amide bonds. The van der Waals surface area contributed by atoms with Crippen molar-refractivity contribution < 1.29 is 10.4 Å². The minimum Gasteiger partial charge on any atom is -0.341 e. The smallest absolute Gasteiger partial charge is 0.253 e. The van der Waals surface area contributed by atoms with Crippen LogP contribution in [-0.4, -0.2) is 38.5 Å². The van der Waals surface area contributed by atoms with Crippen molar-refractivity contribution in [2.24, 2.45) is 0 Å². The number of nitrogens with zero attached hydrogens (tertiary/aromatic N) is 4. The molecule has 1 aromatic heterocycles. The third kappa shape index (κ3) is 10.3. The molecule has 4 N–H and O–H groups in total. The molecular formula is C19H38N6O2. The first-order valence-corrected chi connectivity index (χ1v) is 10.6. The fourth-order valence-electron chi connectivity index (χ4n) is 3.08. The van der Waals surface area contributed by atoms with Crippen LogP contribution in [0.5, 0.6) is 0 Å². The minimum atomic E-state index is 0.0208. The highest BCUT2D eigenvalue weighted by Crippen LogP contribution is 2.16. The Labute approximate surface area is 163 Å². The molecule has 8 nitrogen and oxygen atoms in total. The van der Waals surface area contributed by atoms with Gasteiger partial charge in [-0.2, -0.15) is 15.0 Å². The average Bonchev–Trinajstić information content (AvgIpc) is 2.70. The van der Waals surface area contributed by atoms with E-state index in [1.165, 1.54) is 64.2 Å². The molecule has 0 aliphatic carbocycles. The molecule has 156 valence electrons. The lowest BCUT2D eigenvalue weighted by molar-refractivity contribution is 0.374. The van der Waals surface area contributed by atoms with Gasteiger partial charge in [0.05, 0.1) is 0 Å². The van der Waals surface area contributed by atoms with Crippen LogP contribution in [0.1, 0.15) is 90.9 Å². The molecule has 0 saturated carbocycles. The van der Waals surface area contributed by atoms with Crippen molar-refractivity contribution >= 4 is 17.8 Å². The van der Waals surface area contributed by atoms with Gasteiger partial charge in [-0.3, -0.25) is 10.4 Å². The molecule has 0 radical (unpaired) electrons. The number of aromatic nitrogens is 3. The van der Waals surface area contributed by atoms with Gasteiger partial charge in [0.15, 0.2) is 0 Å². The van der Waals surface area contributed by atoms with E-state index in [1.807, 2.05) is 11.0 Å². The van der Waals surface area contributed by atoms with Gasteiger partial charge < -0.3 is 4.90 Å². The molecule has 0 aromatic carbocycles. The number of hydrogen-bond acceptors (Lipinski definition) is 8. The lowest BCUT2D eigenvalue weighted by Crippen LogP contribution is -2.28. The van der Waals surface area contributed by atoms with Crippen LogP contribution in [0.15, 0.2) is 0 Å². The Morgan fingerprint density at radius 3 is 1.44 bits per heavy atom. The Bertz CT molecular complexity index is 451. The molecular weight excluding hydrogens is 344 g/mol. The maximum Gasteiger partial charge on any atom is 0.253 e. The lowest BCUT2D eigenvalue weighted by Gasteiger charge is -2.23. The van der Waals surface area contributed by atoms with Crippen LogP contribution in [0.4, 0.5) is 17.8 Å². The molecule has 0 spiro atoms. The zero-order chi connectivity index (χ0) is 19.7. The molecule has 0 aliphatic heterocycles. The van der Waals surface area contributed by atoms with Crippen molar-refractivity contribution in [3.63, 3.8) is 0 Å². The second-order valence-electron chi connectivity index (χ2n) is 7.03. The van der Waals surface area contributed by atoms with Crippen molar-refractivity contribution in [3.8, 4) is 0 Å². The summed E-state index contributed by atoms with van der Waals surface area (Å²) in [5.74, 6) is 0.514. The highest BCUT2D eigenvalue weighted by molar-refractivity contribution is 5.41. The molecule has 27 heavy (non-hydrogen) atoms. The van der Waals surface area contributed by atoms with Crippen molar-refractivity contribution in [1.82, 2.24) is 15.0 Å². The van der Waals surface area contributed by atoms with Crippen molar-refractivity contribution in [1.29, 1.82) is 0 Å². The second kappa shape index (κ2) is 15.4. The van der Waals surface area contributed by atoms with Crippen molar-refractivity contribution in [2.75, 3.05) is 28.9 Å². The maximum absolute atomic E-state index is 9.13. The quantitative estimate of drug-likeness (QED) is 0.220. The van der Waals surface area contributed by atoms with E-state index in [1.54, 1.807) is 0 Å². The van der Waals surface area contributed by atoms with E-state index in [2.05, 4.69) is 33.7 Å². The first kappa shape index (κ1) is 23.4. The first-order valence-electron chi connectivity index (χ1n) is 10.6. The van der Waals surface area contributed by atoms with Gasteiger partial charge >= 0.3 is 0 Å². The third-order valence-electron chi connectivity index (χ3n) is 4.67. The largest absolute Gasteiger partial charge is 0.341 e. The summed E-state index contributed by atoms with van der Waals surface area (Å²) in [4.78, 5) is 14.5. The summed E-state index contributed by atoms with van der Waals surface area (Å²) in [5, 5.41) is 18.3. The Hall–Kier alpha value is -1.67. The lowest BCUT2D eigenvalue weighted by atomic mass is 10.1. The van der Waals surface area contributed by atoms with Gasteiger partial charge in [0.2, 0.25) is 5.95 Å². The molecule has 0 fully saturated rings. The molecule has 0 saturated heterocycles. The van der Waals surface area contributed by atoms with E-state index in [4.69, 9.17) is 10.4 Å². The van der Waals surface area contributed by atoms with Crippen molar-refractivity contribution in [3.05, 3.63) is 0 Å². The van der Waals surface area contributed by atoms with E-state index < -0.39 is 0 Å². The fraction of sp³-hybridized carbons (Fsp3) is 0.842. The number of unbranched alkanes of at least 4 members (excludes halogenated alkanes) is 10. The predicted molar refractivity (Wildman–Crippen MR) is 110 cm³/mol. The highest BCUT2D eigenvalue weighted by Gasteiger charge is 2.13. The molecule has 8 heteroatoms. The fourth-order valence-corrected chi connectivity index (χ4v) is 3.08. The Kier molecular flexibility index (Phi) is 13.3. The molecule has 1 heterocycles. The maximum atomic E-state index is 9.13. The van der Waals surface area contributed by atoms with Gasteiger partial charge in [0.25, 0.3) is 11.9 Å². The monoisotopic (exact) mass is 382 g/mol. The molecule has 0 atom stereocenters. The van der Waals surface area contributed by atoms with Gasteiger partial charge in [0, 0.05) is 13.1 Å². The van der Waals surface area contributed by atoms with Crippen LogP contribution >= 0.6 is 0 Å². The normalized spacial score (nSPS) is 10.8. The zero-order valence-electron chi connectivity index (χ0n) is 17.1. The Morgan fingerprint density at radius 1 is 0.630 bits per heavy atom. The topological polar surface area (TPSA) is 106 Å². The molecule has 0 bridgehead atoms. The van der Waals surface area contributed by atoms with Gasteiger partial charge in [-0.15, -0.1) is 0 Å². The molecule has 0 unspecified atom stereocenters. The van der Waals surface area contributed by atoms with Gasteiger partial charge in [0.1, 0.15) is 0 Å². The summed E-state index contributed by atoms with van der Waals surface area (Å²) >= 11 is 0. The first-order chi connectivity index (χ1) is 13.2. The summed E-state index contributed by atoms with van der Waals surface area (Å²) < 4.78 is 0. The Balaban J connectivity index is 2.60. The average molecular weight is 383 g/mol. The minimum absolute atomic E-state index is 0.0208. The van der Waals surface area contributed by atoms with Crippen LogP contribution in [-0.2, 0) is 0 Å². The van der Waals surface area contributed by atoms with E-state index in [0.717, 1.165) is 25.9 Å². The summed E-state index contributed by atoms with van der Waals surface area (Å²) in [6, 6.07) is 0. The number of nitrogens with one attached hydrogen (secondary N) is 2. The van der Waals surface area contributed by atoms with E-state index in [-0.39, 0.29) is 11.9 Å². The molecule has 1 rings (SSSR count). The standard InChI is InChI=1S/C19H38N6O2/c1-3-5-7-9-11-13-15-25(16-14-12-10-8-6-4-2)19-21-17(23-26)20-18(22-19)24-27/h26-27H,3-16H2,1-2H3,(H2,20,21,22,23,24). The van der Waals surface area contributed by atoms with E-state index in [0.29, 0.717) is 5.95 Å². The number of anilines is 3. The van der Waals surface area contributed by atoms with Crippen LogP contribution in [0, 0.1) is 0 Å². The van der Waals surface area contributed by atoms with E-state index in [9.17, 15) is 0 Å². The zero-order valence-corrected chi connectivity index (χ0v) is 17.1. The third-order valence-corrected chi connectivity index (χ3v) is 4.67. The van der Waals surface area contributed by atoms with Gasteiger partial charge in [-0.1, -0.05) is 78.1 Å². The van der Waals surface area contributed by atoms with Gasteiger partial charge in [-0.05, 0) is 12.8 Å². The molecule has 1 aromatic rings. The number of rotatable bonds is 17. The summed E-state index contributed by atoms with van der Waals surface area (Å²) in [5.41, 5.74) is 3.88. The summed E-state index contributed by atoms with van der Waals surface area (Å²) in [7, 11) is 0. The van der Waals surface area contributed by atoms with Crippen molar-refractivity contribution in [2.45, 2.75) is 90.9 Å². The Morgan fingerprint density at radius 2 is 1.04 bits per heavy atom. The SMILES string of the molecule is CCCCCCCCN(CCCCCCCC)c1nc(NO)nc(NO)n1. The summed E-state index contributed by atoms with van der Waals surface area (Å²) in [6.07, 6.45) is 14.7. The van der Waals surface area contributed by atoms with Crippen LogP contribution in [0.2, 0.25) is 0 Å². The van der Waals surface area contributed by atoms with Crippen LogP contribution in [0.3, 0.4) is 0 Å². The number of hydrogen-bond donors (Lipinski definition) is 4. The summed E-state index contributed by atoms with van der Waals surface area (Å²) in [6.45, 7) is 6.17. The second-order valence-corrected chi connectivity index (χ2v) is 7.03. The van der Waals surface area contributed by atoms with Gasteiger partial charge in [-0.25, -0.2) is 11.0 Å². The molecule has 0 aliphatic rings.